The highest BCUT2D eigenvalue weighted by atomic mass is 32.1. The van der Waals surface area contributed by atoms with Gasteiger partial charge in [0.25, 0.3) is 12.4 Å². The van der Waals surface area contributed by atoms with Crippen LogP contribution in [0.25, 0.3) is 21.3 Å². The number of nitrogens with zero attached hydrogens (tertiary/aromatic N) is 3. The summed E-state index contributed by atoms with van der Waals surface area (Å²) in [6, 6.07) is 16.6. The Bertz CT molecular complexity index is 1730. The van der Waals surface area contributed by atoms with Crippen molar-refractivity contribution in [2.45, 2.75) is 71.4 Å². The first-order valence-electron chi connectivity index (χ1n) is 16.9. The maximum atomic E-state index is 13.8. The van der Waals surface area contributed by atoms with Crippen molar-refractivity contribution >= 4 is 33.9 Å². The Balaban J connectivity index is 0.00000145. The number of aromatic amines is 1. The van der Waals surface area contributed by atoms with Crippen LogP contribution in [0.2, 0.25) is 0 Å². The molecule has 0 saturated carbocycles. The van der Waals surface area contributed by atoms with E-state index in [1.807, 2.05) is 12.1 Å². The van der Waals surface area contributed by atoms with Gasteiger partial charge in [-0.15, -0.1) is 11.3 Å². The molecule has 0 unspecified atom stereocenters. The molecule has 0 bridgehead atoms. The lowest BCUT2D eigenvalue weighted by molar-refractivity contribution is -0.122. The molecule has 1 aliphatic heterocycles. The van der Waals surface area contributed by atoms with E-state index in [0.29, 0.717) is 16.8 Å². The van der Waals surface area contributed by atoms with Gasteiger partial charge in [-0.3, -0.25) is 14.4 Å². The number of amides is 1. The Hall–Kier alpha value is -3.86. The van der Waals surface area contributed by atoms with Crippen LogP contribution in [0.1, 0.15) is 79.0 Å². The summed E-state index contributed by atoms with van der Waals surface area (Å²) in [5.41, 5.74) is 5.79. The fourth-order valence-corrected chi connectivity index (χ4v) is 7.93. The Morgan fingerprint density at radius 1 is 1.10 bits per heavy atom. The van der Waals surface area contributed by atoms with Crippen molar-refractivity contribution in [2.75, 3.05) is 33.7 Å². The summed E-state index contributed by atoms with van der Waals surface area (Å²) in [4.78, 5) is 48.1. The van der Waals surface area contributed by atoms with E-state index in [4.69, 9.17) is 14.9 Å². The Morgan fingerprint density at radius 2 is 1.79 bits per heavy atom. The van der Waals surface area contributed by atoms with Gasteiger partial charge in [-0.05, 0) is 117 Å². The molecule has 10 heteroatoms. The molecule has 1 fully saturated rings. The number of carbonyl (C=O) groups excluding carboxylic acids is 1. The number of thiophene rings is 1. The van der Waals surface area contributed by atoms with Crippen molar-refractivity contribution in [3.63, 3.8) is 0 Å². The molecule has 6 rings (SSSR count). The molecule has 1 saturated heterocycles. The summed E-state index contributed by atoms with van der Waals surface area (Å²) in [7, 11) is 4.34. The number of rotatable bonds is 8. The van der Waals surface area contributed by atoms with Crippen molar-refractivity contribution in [3.8, 4) is 11.1 Å². The molecule has 48 heavy (non-hydrogen) atoms. The van der Waals surface area contributed by atoms with E-state index in [1.54, 1.807) is 12.3 Å². The first-order valence-corrected chi connectivity index (χ1v) is 17.8. The first kappa shape index (κ1) is 35.4. The van der Waals surface area contributed by atoms with Gasteiger partial charge in [0.05, 0.1) is 10.9 Å². The quantitative estimate of drug-likeness (QED) is 0.186. The second kappa shape index (κ2) is 15.6. The second-order valence-electron chi connectivity index (χ2n) is 14.4. The van der Waals surface area contributed by atoms with Crippen molar-refractivity contribution in [1.29, 1.82) is 0 Å². The minimum absolute atomic E-state index is 0.0374. The van der Waals surface area contributed by atoms with Crippen molar-refractivity contribution in [3.05, 3.63) is 86.8 Å². The van der Waals surface area contributed by atoms with Gasteiger partial charge in [-0.25, -0.2) is 4.98 Å². The Kier molecular flexibility index (Phi) is 11.5. The van der Waals surface area contributed by atoms with E-state index in [1.165, 1.54) is 41.9 Å². The van der Waals surface area contributed by atoms with E-state index < -0.39 is 0 Å². The third-order valence-corrected chi connectivity index (χ3v) is 11.1. The molecule has 2 atom stereocenters. The van der Waals surface area contributed by atoms with Crippen LogP contribution in [0.3, 0.4) is 0 Å². The summed E-state index contributed by atoms with van der Waals surface area (Å²) in [6.45, 7) is 9.85. The third-order valence-electron chi connectivity index (χ3n) is 10.1. The molecule has 0 radical (unpaired) electrons. The summed E-state index contributed by atoms with van der Waals surface area (Å²) in [6.07, 6.45) is 8.16. The number of hydrogen-bond acceptors (Lipinski definition) is 7. The fourth-order valence-electron chi connectivity index (χ4n) is 7.00. The van der Waals surface area contributed by atoms with E-state index in [2.05, 4.69) is 85.3 Å². The van der Waals surface area contributed by atoms with Crippen LogP contribution in [0.5, 0.6) is 0 Å². The number of fused-ring (bicyclic) bond motifs is 2. The van der Waals surface area contributed by atoms with Crippen molar-refractivity contribution in [1.82, 2.24) is 25.1 Å². The number of piperidine rings is 1. The molecule has 3 aromatic heterocycles. The molecule has 256 valence electrons. The number of pyridine rings is 2. The topological polar surface area (TPSA) is 119 Å². The largest absolute Gasteiger partial charge is 0.483 e. The first-order chi connectivity index (χ1) is 22.9. The predicted octanol–water partition coefficient (Wildman–Crippen LogP) is 6.39. The predicted molar refractivity (Wildman–Crippen MR) is 194 cm³/mol. The van der Waals surface area contributed by atoms with Gasteiger partial charge >= 0.3 is 0 Å². The van der Waals surface area contributed by atoms with Gasteiger partial charge in [-0.1, -0.05) is 45.0 Å². The molecule has 2 aliphatic rings. The number of likely N-dealkylation sites (tertiary alicyclic amines) is 1. The molecule has 1 aromatic carbocycles. The number of carboxylic acid groups (broad SMARTS) is 1. The van der Waals surface area contributed by atoms with Crippen LogP contribution in [0, 0.1) is 11.3 Å². The van der Waals surface area contributed by atoms with Crippen LogP contribution in [-0.2, 0) is 17.6 Å². The zero-order chi connectivity index (χ0) is 34.4. The number of aryl methyl sites for hydroxylation is 1. The minimum Gasteiger partial charge on any atom is -0.483 e. The summed E-state index contributed by atoms with van der Waals surface area (Å²) in [5.74, 6) is 0.611. The molecular weight excluding hydrogens is 623 g/mol. The van der Waals surface area contributed by atoms with Gasteiger partial charge in [0.15, 0.2) is 0 Å². The molecule has 9 nitrogen and oxygen atoms in total. The Labute approximate surface area is 287 Å². The molecule has 1 aliphatic carbocycles. The standard InChI is InChI=1S/C37H47N5O2S.CH2O2/c1-37(2,3)29-11-12-31-27(21-29)20-28-22-33(45-36(28)40-31)35(44)39-32(16-19-42-17-14-30(15-18-42)41(4)5)25-8-6-24(7-9-25)26-10-13-34(43)38-23-26;2-1-3/h6-10,13,20,22-23,29-30,32H,11-12,14-19,21H2,1-5H3,(H,38,43)(H,39,44);1H,(H,2,3)/t29-,32+;/m0./s1. The van der Waals surface area contributed by atoms with Crippen LogP contribution < -0.4 is 10.9 Å². The van der Waals surface area contributed by atoms with Crippen LogP contribution in [-0.4, -0.2) is 77.0 Å². The summed E-state index contributed by atoms with van der Waals surface area (Å²) >= 11 is 1.50. The SMILES string of the molecule is CN(C)C1CCN(CC[C@@H](NC(=O)c2cc3cc4c(nc3s2)CC[C@H](C(C)(C)C)C4)c2ccc(-c3ccc(=O)[nH]c3)cc2)CC1.O=CO. The number of aromatic nitrogens is 2. The lowest BCUT2D eigenvalue weighted by atomic mass is 9.71. The second-order valence-corrected chi connectivity index (χ2v) is 15.5. The Morgan fingerprint density at radius 3 is 2.42 bits per heavy atom. The van der Waals surface area contributed by atoms with Crippen molar-refractivity contribution in [2.24, 2.45) is 11.3 Å². The number of benzene rings is 1. The highest BCUT2D eigenvalue weighted by Gasteiger charge is 2.30. The maximum Gasteiger partial charge on any atom is 0.290 e. The van der Waals surface area contributed by atoms with Crippen LogP contribution in [0.15, 0.2) is 59.5 Å². The smallest absolute Gasteiger partial charge is 0.290 e. The third kappa shape index (κ3) is 8.78. The molecular formula is C38H49N5O4S. The molecule has 4 heterocycles. The van der Waals surface area contributed by atoms with Gasteiger partial charge in [0.1, 0.15) is 4.83 Å². The average Bonchev–Trinajstić information content (AvgIpc) is 3.49. The van der Waals surface area contributed by atoms with Gasteiger partial charge in [-0.2, -0.15) is 0 Å². The average molecular weight is 672 g/mol. The number of carbonyl (C=O) groups is 2. The summed E-state index contributed by atoms with van der Waals surface area (Å²) < 4.78 is 0. The minimum atomic E-state index is -0.250. The lowest BCUT2D eigenvalue weighted by Gasteiger charge is -2.35. The molecule has 3 N–H and O–H groups in total. The lowest BCUT2D eigenvalue weighted by Crippen LogP contribution is -2.43. The maximum absolute atomic E-state index is 13.8. The number of H-pyrrole nitrogens is 1. The zero-order valence-electron chi connectivity index (χ0n) is 28.8. The van der Waals surface area contributed by atoms with Crippen LogP contribution in [0.4, 0.5) is 0 Å². The summed E-state index contributed by atoms with van der Waals surface area (Å²) in [5, 5.41) is 11.4. The van der Waals surface area contributed by atoms with Crippen molar-refractivity contribution < 1.29 is 14.7 Å². The van der Waals surface area contributed by atoms with E-state index >= 15 is 0 Å². The highest BCUT2D eigenvalue weighted by molar-refractivity contribution is 7.20. The van der Waals surface area contributed by atoms with Crippen LogP contribution >= 0.6 is 11.3 Å². The normalized spacial score (nSPS) is 17.8. The molecule has 0 spiro atoms. The monoisotopic (exact) mass is 671 g/mol. The molecule has 1 amide bonds. The van der Waals surface area contributed by atoms with Gasteiger partial charge < -0.3 is 25.2 Å². The molecule has 4 aromatic rings. The van der Waals surface area contributed by atoms with Gasteiger partial charge in [0, 0.05) is 35.9 Å². The zero-order valence-corrected chi connectivity index (χ0v) is 29.6. The highest BCUT2D eigenvalue weighted by Crippen LogP contribution is 2.38. The van der Waals surface area contributed by atoms with E-state index in [0.717, 1.165) is 65.8 Å². The van der Waals surface area contributed by atoms with E-state index in [9.17, 15) is 9.59 Å². The number of hydrogen-bond donors (Lipinski definition) is 3. The fraction of sp³-hybridized carbons (Fsp3) is 0.474. The number of nitrogens with one attached hydrogen (secondary N) is 2. The van der Waals surface area contributed by atoms with E-state index in [-0.39, 0.29) is 29.4 Å². The van der Waals surface area contributed by atoms with Gasteiger partial charge in [0.2, 0.25) is 5.56 Å².